The van der Waals surface area contributed by atoms with Gasteiger partial charge in [0.1, 0.15) is 6.33 Å². The normalized spacial score (nSPS) is 11.4. The molecule has 0 unspecified atom stereocenters. The minimum absolute atomic E-state index is 0.0807. The molecule has 8 heteroatoms. The van der Waals surface area contributed by atoms with Gasteiger partial charge in [-0.15, -0.1) is 0 Å². The van der Waals surface area contributed by atoms with Gasteiger partial charge in [-0.25, -0.2) is 9.97 Å². The molecule has 0 radical (unpaired) electrons. The molecule has 7 nitrogen and oxygen atoms in total. The van der Waals surface area contributed by atoms with Gasteiger partial charge in [0.05, 0.1) is 10.5 Å². The van der Waals surface area contributed by atoms with Crippen molar-refractivity contribution in [2.75, 3.05) is 18.5 Å². The minimum atomic E-state index is -1.000. The third-order valence-electron chi connectivity index (χ3n) is 1.93. The number of anilines is 1. The molecular formula is C9H13ClN4O3. The second kappa shape index (κ2) is 4.80. The van der Waals surface area contributed by atoms with Crippen LogP contribution in [0, 0.1) is 10.1 Å². The molecule has 0 bridgehead atoms. The van der Waals surface area contributed by atoms with Crippen LogP contribution in [0.5, 0.6) is 0 Å². The second-order valence-electron chi connectivity index (χ2n) is 4.26. The molecule has 94 valence electrons. The first-order valence-corrected chi connectivity index (χ1v) is 5.18. The second-order valence-corrected chi connectivity index (χ2v) is 4.62. The lowest BCUT2D eigenvalue weighted by Crippen LogP contribution is -2.37. The number of hydrogen-bond acceptors (Lipinski definition) is 6. The number of halogens is 1. The van der Waals surface area contributed by atoms with Crippen LogP contribution in [0.2, 0.25) is 5.15 Å². The average Bonchev–Trinajstić information content (AvgIpc) is 2.13. The summed E-state index contributed by atoms with van der Waals surface area (Å²) < 4.78 is 0. The zero-order valence-electron chi connectivity index (χ0n) is 9.71. The Balaban J connectivity index is 3.13. The van der Waals surface area contributed by atoms with E-state index in [4.69, 9.17) is 11.6 Å². The molecule has 0 atom stereocenters. The van der Waals surface area contributed by atoms with E-state index in [0.717, 1.165) is 6.33 Å². The van der Waals surface area contributed by atoms with E-state index < -0.39 is 10.5 Å². The average molecular weight is 261 g/mol. The lowest BCUT2D eigenvalue weighted by molar-refractivity contribution is -0.384. The maximum absolute atomic E-state index is 10.9. The van der Waals surface area contributed by atoms with Crippen LogP contribution in [0.15, 0.2) is 6.33 Å². The largest absolute Gasteiger partial charge is 0.389 e. The molecule has 0 spiro atoms. The van der Waals surface area contributed by atoms with Crippen molar-refractivity contribution in [3.63, 3.8) is 0 Å². The summed E-state index contributed by atoms with van der Waals surface area (Å²) >= 11 is 5.66. The summed E-state index contributed by atoms with van der Waals surface area (Å²) in [6.07, 6.45) is 1.14. The van der Waals surface area contributed by atoms with Gasteiger partial charge in [0.15, 0.2) is 0 Å². The predicted octanol–water partition coefficient (Wildman–Crippen LogP) is 1.25. The maximum atomic E-state index is 10.9. The van der Waals surface area contributed by atoms with E-state index in [-0.39, 0.29) is 23.2 Å². The van der Waals surface area contributed by atoms with Gasteiger partial charge in [-0.3, -0.25) is 10.1 Å². The third-order valence-corrected chi connectivity index (χ3v) is 2.20. The Morgan fingerprint density at radius 3 is 2.65 bits per heavy atom. The molecule has 0 aliphatic carbocycles. The third kappa shape index (κ3) is 3.50. The Morgan fingerprint density at radius 2 is 2.18 bits per heavy atom. The van der Waals surface area contributed by atoms with E-state index >= 15 is 0 Å². The van der Waals surface area contributed by atoms with Crippen LogP contribution in [0.25, 0.3) is 0 Å². The molecule has 1 rings (SSSR count). The quantitative estimate of drug-likeness (QED) is 0.497. The van der Waals surface area contributed by atoms with Crippen LogP contribution in [0.4, 0.5) is 11.5 Å². The number of aromatic nitrogens is 2. The monoisotopic (exact) mass is 260 g/mol. The molecular weight excluding hydrogens is 248 g/mol. The predicted molar refractivity (Wildman–Crippen MR) is 63.3 cm³/mol. The van der Waals surface area contributed by atoms with Crippen LogP contribution in [0.1, 0.15) is 13.8 Å². The van der Waals surface area contributed by atoms with Crippen molar-refractivity contribution in [3.8, 4) is 0 Å². The maximum Gasteiger partial charge on any atom is 0.348 e. The summed E-state index contributed by atoms with van der Waals surface area (Å²) in [5.74, 6) is 0.0807. The SMILES string of the molecule is CN(CC(C)(C)O)c1ncnc(Cl)c1[N+](=O)[O-]. The molecule has 1 aromatic rings. The van der Waals surface area contributed by atoms with Gasteiger partial charge in [0.2, 0.25) is 11.0 Å². The number of rotatable bonds is 4. The molecule has 0 aromatic carbocycles. The Hall–Kier alpha value is -1.47. The number of hydrogen-bond donors (Lipinski definition) is 1. The van der Waals surface area contributed by atoms with Gasteiger partial charge in [-0.1, -0.05) is 11.6 Å². The highest BCUT2D eigenvalue weighted by Gasteiger charge is 2.26. The zero-order chi connectivity index (χ0) is 13.2. The molecule has 1 aromatic heterocycles. The zero-order valence-corrected chi connectivity index (χ0v) is 10.5. The minimum Gasteiger partial charge on any atom is -0.389 e. The van der Waals surface area contributed by atoms with Gasteiger partial charge < -0.3 is 10.0 Å². The highest BCUT2D eigenvalue weighted by Crippen LogP contribution is 2.30. The van der Waals surface area contributed by atoms with E-state index in [1.807, 2.05) is 0 Å². The van der Waals surface area contributed by atoms with E-state index in [1.54, 1.807) is 20.9 Å². The van der Waals surface area contributed by atoms with E-state index in [1.165, 1.54) is 4.90 Å². The number of likely N-dealkylation sites (N-methyl/N-ethyl adjacent to an activating group) is 1. The number of nitrogens with zero attached hydrogens (tertiary/aromatic N) is 4. The molecule has 1 heterocycles. The lowest BCUT2D eigenvalue weighted by atomic mass is 10.1. The fraction of sp³-hybridized carbons (Fsp3) is 0.556. The van der Waals surface area contributed by atoms with Crippen LogP contribution >= 0.6 is 11.6 Å². The van der Waals surface area contributed by atoms with Crippen molar-refractivity contribution in [2.45, 2.75) is 19.4 Å². The highest BCUT2D eigenvalue weighted by molar-refractivity contribution is 6.31. The first-order chi connectivity index (χ1) is 7.72. The fourth-order valence-electron chi connectivity index (χ4n) is 1.44. The number of aliphatic hydroxyl groups is 1. The van der Waals surface area contributed by atoms with Crippen molar-refractivity contribution in [1.82, 2.24) is 9.97 Å². The lowest BCUT2D eigenvalue weighted by Gasteiger charge is -2.25. The van der Waals surface area contributed by atoms with Crippen molar-refractivity contribution in [2.24, 2.45) is 0 Å². The summed E-state index contributed by atoms with van der Waals surface area (Å²) in [5, 5.41) is 20.3. The van der Waals surface area contributed by atoms with Crippen molar-refractivity contribution >= 4 is 23.1 Å². The standard InChI is InChI=1S/C9H13ClN4O3/c1-9(2,15)4-13(3)8-6(14(16)17)7(10)11-5-12-8/h5,15H,4H2,1-3H3. The summed E-state index contributed by atoms with van der Waals surface area (Å²) in [4.78, 5) is 19.1. The first-order valence-electron chi connectivity index (χ1n) is 4.81. The summed E-state index contributed by atoms with van der Waals surface area (Å²) in [7, 11) is 1.59. The molecule has 17 heavy (non-hydrogen) atoms. The van der Waals surface area contributed by atoms with Crippen LogP contribution in [-0.2, 0) is 0 Å². The van der Waals surface area contributed by atoms with Gasteiger partial charge in [-0.2, -0.15) is 0 Å². The number of nitro groups is 1. The molecule has 0 fully saturated rings. The van der Waals surface area contributed by atoms with Crippen molar-refractivity contribution in [1.29, 1.82) is 0 Å². The summed E-state index contributed by atoms with van der Waals surface area (Å²) in [5.41, 5.74) is -1.36. The molecule has 0 amide bonds. The van der Waals surface area contributed by atoms with Crippen LogP contribution in [0.3, 0.4) is 0 Å². The highest BCUT2D eigenvalue weighted by atomic mass is 35.5. The van der Waals surface area contributed by atoms with Crippen LogP contribution in [-0.4, -0.2) is 39.2 Å². The van der Waals surface area contributed by atoms with Crippen molar-refractivity contribution < 1.29 is 10.0 Å². The van der Waals surface area contributed by atoms with E-state index in [9.17, 15) is 15.2 Å². The van der Waals surface area contributed by atoms with E-state index in [2.05, 4.69) is 9.97 Å². The molecule has 0 aliphatic heterocycles. The van der Waals surface area contributed by atoms with Gasteiger partial charge in [0.25, 0.3) is 0 Å². The smallest absolute Gasteiger partial charge is 0.348 e. The van der Waals surface area contributed by atoms with Gasteiger partial charge in [-0.05, 0) is 13.8 Å². The van der Waals surface area contributed by atoms with Gasteiger partial charge in [0, 0.05) is 13.6 Å². The molecule has 0 saturated heterocycles. The Kier molecular flexibility index (Phi) is 3.84. The molecule has 0 saturated carbocycles. The first kappa shape index (κ1) is 13.6. The van der Waals surface area contributed by atoms with Crippen molar-refractivity contribution in [3.05, 3.63) is 21.6 Å². The Morgan fingerprint density at radius 1 is 1.59 bits per heavy atom. The van der Waals surface area contributed by atoms with E-state index in [0.29, 0.717) is 0 Å². The fourth-order valence-corrected chi connectivity index (χ4v) is 1.64. The van der Waals surface area contributed by atoms with Crippen LogP contribution < -0.4 is 4.90 Å². The molecule has 1 N–H and O–H groups in total. The Bertz CT molecular complexity index is 433. The summed E-state index contributed by atoms with van der Waals surface area (Å²) in [6, 6.07) is 0. The Labute approximate surface area is 103 Å². The topological polar surface area (TPSA) is 92.4 Å². The van der Waals surface area contributed by atoms with Gasteiger partial charge >= 0.3 is 5.69 Å². The summed E-state index contributed by atoms with van der Waals surface area (Å²) in [6.45, 7) is 3.37. The molecule has 0 aliphatic rings.